The molecule has 132 valence electrons. The zero-order valence-electron chi connectivity index (χ0n) is 14.1. The number of carbonyl (C=O) groups excluding carboxylic acids is 1. The molecule has 0 aromatic heterocycles. The topological polar surface area (TPSA) is 69.6 Å². The van der Waals surface area contributed by atoms with E-state index in [2.05, 4.69) is 5.32 Å². The zero-order chi connectivity index (χ0) is 18.4. The van der Waals surface area contributed by atoms with Crippen LogP contribution in [0.5, 0.6) is 0 Å². The van der Waals surface area contributed by atoms with Gasteiger partial charge in [0.15, 0.2) is 6.04 Å². The van der Waals surface area contributed by atoms with Gasteiger partial charge in [-0.3, -0.25) is 4.79 Å². The van der Waals surface area contributed by atoms with Crippen molar-refractivity contribution in [2.24, 2.45) is 0 Å². The molecule has 6 heteroatoms. The molecule has 5 nitrogen and oxygen atoms in total. The Morgan fingerprint density at radius 1 is 1.12 bits per heavy atom. The number of nitrogens with one attached hydrogen (secondary N) is 1. The molecule has 0 radical (unpaired) electrons. The van der Waals surface area contributed by atoms with Crippen molar-refractivity contribution in [1.29, 1.82) is 0 Å². The number of likely N-dealkylation sites (N-methyl/N-ethyl adjacent to an activating group) is 2. The maximum absolute atomic E-state index is 13.0. The Bertz CT molecular complexity index is 719. The summed E-state index contributed by atoms with van der Waals surface area (Å²) in [4.78, 5) is 25.7. The minimum Gasteiger partial charge on any atom is -0.479 e. The van der Waals surface area contributed by atoms with E-state index >= 15 is 0 Å². The summed E-state index contributed by atoms with van der Waals surface area (Å²) in [6.07, 6.45) is 0.334. The molecule has 2 unspecified atom stereocenters. The standard InChI is InChI=1S/C19H21FN2O3/c1-21-16(12-13-8-10-15(20)11-9-13)18(23)22(2)17(19(24)25)14-6-4-3-5-7-14/h3-11,16-17,21H,12H2,1-2H3,(H,24,25). The molecule has 2 rings (SSSR count). The third-order valence-electron chi connectivity index (χ3n) is 4.08. The third kappa shape index (κ3) is 4.64. The third-order valence-corrected chi connectivity index (χ3v) is 4.08. The highest BCUT2D eigenvalue weighted by Gasteiger charge is 2.31. The molecular formula is C19H21FN2O3. The predicted molar refractivity (Wildman–Crippen MR) is 92.5 cm³/mol. The van der Waals surface area contributed by atoms with E-state index in [0.29, 0.717) is 12.0 Å². The first-order chi connectivity index (χ1) is 11.9. The molecule has 0 aliphatic heterocycles. The van der Waals surface area contributed by atoms with E-state index in [-0.39, 0.29) is 11.7 Å². The molecule has 0 saturated heterocycles. The SMILES string of the molecule is CNC(Cc1ccc(F)cc1)C(=O)N(C)C(C(=O)O)c1ccccc1. The van der Waals surface area contributed by atoms with Gasteiger partial charge in [-0.15, -0.1) is 0 Å². The van der Waals surface area contributed by atoms with Crippen LogP contribution in [0.4, 0.5) is 4.39 Å². The van der Waals surface area contributed by atoms with Crippen LogP contribution in [0.2, 0.25) is 0 Å². The first-order valence-electron chi connectivity index (χ1n) is 7.90. The highest BCUT2D eigenvalue weighted by Crippen LogP contribution is 2.21. The van der Waals surface area contributed by atoms with Gasteiger partial charge < -0.3 is 15.3 Å². The molecule has 2 N–H and O–H groups in total. The van der Waals surface area contributed by atoms with Crippen LogP contribution < -0.4 is 5.32 Å². The van der Waals surface area contributed by atoms with Crippen molar-refractivity contribution in [3.63, 3.8) is 0 Å². The molecule has 2 aromatic rings. The molecule has 0 aliphatic rings. The van der Waals surface area contributed by atoms with Gasteiger partial charge in [0, 0.05) is 7.05 Å². The van der Waals surface area contributed by atoms with Gasteiger partial charge in [-0.1, -0.05) is 42.5 Å². The van der Waals surface area contributed by atoms with E-state index in [0.717, 1.165) is 5.56 Å². The first kappa shape index (κ1) is 18.6. The number of rotatable bonds is 7. The van der Waals surface area contributed by atoms with E-state index in [1.807, 2.05) is 0 Å². The molecular weight excluding hydrogens is 323 g/mol. The maximum atomic E-state index is 13.0. The van der Waals surface area contributed by atoms with Crippen LogP contribution in [-0.4, -0.2) is 42.0 Å². The Hall–Kier alpha value is -2.73. The quantitative estimate of drug-likeness (QED) is 0.808. The number of carboxylic acid groups (broad SMARTS) is 1. The molecule has 2 aromatic carbocycles. The number of hydrogen-bond acceptors (Lipinski definition) is 3. The summed E-state index contributed by atoms with van der Waals surface area (Å²) < 4.78 is 13.0. The minimum atomic E-state index is -1.10. The lowest BCUT2D eigenvalue weighted by molar-refractivity contribution is -0.150. The van der Waals surface area contributed by atoms with Crippen molar-refractivity contribution in [1.82, 2.24) is 10.2 Å². The molecule has 2 atom stereocenters. The fourth-order valence-corrected chi connectivity index (χ4v) is 2.71. The van der Waals surface area contributed by atoms with Crippen molar-refractivity contribution < 1.29 is 19.1 Å². The second-order valence-electron chi connectivity index (χ2n) is 5.77. The summed E-state index contributed by atoms with van der Waals surface area (Å²) in [6, 6.07) is 12.8. The Morgan fingerprint density at radius 2 is 1.72 bits per heavy atom. The zero-order valence-corrected chi connectivity index (χ0v) is 14.1. The summed E-state index contributed by atoms with van der Waals surface area (Å²) >= 11 is 0. The van der Waals surface area contributed by atoms with Crippen molar-refractivity contribution in [2.45, 2.75) is 18.5 Å². The highest BCUT2D eigenvalue weighted by molar-refractivity contribution is 5.87. The average Bonchev–Trinajstić information content (AvgIpc) is 2.61. The van der Waals surface area contributed by atoms with Gasteiger partial charge in [-0.25, -0.2) is 9.18 Å². The Balaban J connectivity index is 2.19. The largest absolute Gasteiger partial charge is 0.479 e. The number of aliphatic carboxylic acids is 1. The highest BCUT2D eigenvalue weighted by atomic mass is 19.1. The lowest BCUT2D eigenvalue weighted by Gasteiger charge is -2.29. The molecule has 0 aliphatic carbocycles. The molecule has 0 saturated carbocycles. The minimum absolute atomic E-state index is 0.334. The lowest BCUT2D eigenvalue weighted by atomic mass is 10.0. The number of carbonyl (C=O) groups is 2. The molecule has 0 fully saturated rings. The Morgan fingerprint density at radius 3 is 2.24 bits per heavy atom. The van der Waals surface area contributed by atoms with Crippen LogP contribution in [0.25, 0.3) is 0 Å². The lowest BCUT2D eigenvalue weighted by Crippen LogP contribution is -2.47. The van der Waals surface area contributed by atoms with Gasteiger partial charge in [0.05, 0.1) is 6.04 Å². The smallest absolute Gasteiger partial charge is 0.331 e. The van der Waals surface area contributed by atoms with E-state index in [4.69, 9.17) is 0 Å². The number of carboxylic acids is 1. The van der Waals surface area contributed by atoms with Crippen LogP contribution in [0.3, 0.4) is 0 Å². The van der Waals surface area contributed by atoms with Crippen molar-refractivity contribution in [3.05, 3.63) is 71.5 Å². The number of nitrogens with zero attached hydrogens (tertiary/aromatic N) is 1. The summed E-state index contributed by atoms with van der Waals surface area (Å²) in [5.74, 6) is -1.79. The van der Waals surface area contributed by atoms with Crippen LogP contribution in [0.1, 0.15) is 17.2 Å². The second kappa shape index (κ2) is 8.39. The summed E-state index contributed by atoms with van der Waals surface area (Å²) in [5, 5.41) is 12.5. The van der Waals surface area contributed by atoms with E-state index < -0.39 is 18.1 Å². The van der Waals surface area contributed by atoms with Crippen LogP contribution in [-0.2, 0) is 16.0 Å². The fourth-order valence-electron chi connectivity index (χ4n) is 2.71. The average molecular weight is 344 g/mol. The number of hydrogen-bond donors (Lipinski definition) is 2. The molecule has 0 spiro atoms. The van der Waals surface area contributed by atoms with Gasteiger partial charge in [0.1, 0.15) is 5.82 Å². The van der Waals surface area contributed by atoms with E-state index in [9.17, 15) is 19.1 Å². The van der Waals surface area contributed by atoms with Crippen molar-refractivity contribution in [2.75, 3.05) is 14.1 Å². The first-order valence-corrected chi connectivity index (χ1v) is 7.90. The summed E-state index contributed by atoms with van der Waals surface area (Å²) in [6.45, 7) is 0. The fraction of sp³-hybridized carbons (Fsp3) is 0.263. The number of halogens is 1. The van der Waals surface area contributed by atoms with Gasteiger partial charge in [-0.05, 0) is 36.7 Å². The van der Waals surface area contributed by atoms with E-state index in [1.165, 1.54) is 24.1 Å². The van der Waals surface area contributed by atoms with E-state index in [1.54, 1.807) is 49.5 Å². The van der Waals surface area contributed by atoms with Gasteiger partial charge in [0.25, 0.3) is 0 Å². The van der Waals surface area contributed by atoms with Crippen LogP contribution in [0.15, 0.2) is 54.6 Å². The predicted octanol–water partition coefficient (Wildman–Crippen LogP) is 2.24. The van der Waals surface area contributed by atoms with Crippen LogP contribution in [0, 0.1) is 5.82 Å². The van der Waals surface area contributed by atoms with Crippen LogP contribution >= 0.6 is 0 Å². The van der Waals surface area contributed by atoms with Gasteiger partial charge in [0.2, 0.25) is 5.91 Å². The van der Waals surface area contributed by atoms with Gasteiger partial charge in [-0.2, -0.15) is 0 Å². The Labute approximate surface area is 146 Å². The molecule has 0 heterocycles. The van der Waals surface area contributed by atoms with Crippen molar-refractivity contribution in [3.8, 4) is 0 Å². The van der Waals surface area contributed by atoms with Gasteiger partial charge >= 0.3 is 5.97 Å². The summed E-state index contributed by atoms with van der Waals surface area (Å²) in [5.41, 5.74) is 1.32. The normalized spacial score (nSPS) is 13.1. The molecule has 1 amide bonds. The molecule has 25 heavy (non-hydrogen) atoms. The number of benzene rings is 2. The summed E-state index contributed by atoms with van der Waals surface area (Å²) in [7, 11) is 3.11. The molecule has 0 bridgehead atoms. The number of amides is 1. The Kier molecular flexibility index (Phi) is 6.25. The van der Waals surface area contributed by atoms with Crippen molar-refractivity contribution >= 4 is 11.9 Å². The second-order valence-corrected chi connectivity index (χ2v) is 5.77. The maximum Gasteiger partial charge on any atom is 0.331 e. The monoisotopic (exact) mass is 344 g/mol.